The molecule has 0 amide bonds. The van der Waals surface area contributed by atoms with Crippen molar-refractivity contribution in [2.75, 3.05) is 0 Å². The molecule has 3 heteroatoms. The molecule has 0 spiro atoms. The molecule has 0 saturated carbocycles. The molecular weight excluding hydrogens is 408 g/mol. The van der Waals surface area contributed by atoms with Gasteiger partial charge in [0.25, 0.3) is 0 Å². The quantitative estimate of drug-likeness (QED) is 0.393. The number of hydrogen-bond donors (Lipinski definition) is 0. The van der Waals surface area contributed by atoms with Crippen molar-refractivity contribution in [3.05, 3.63) is 27.9 Å². The van der Waals surface area contributed by atoms with Gasteiger partial charge >= 0.3 is 39.9 Å². The van der Waals surface area contributed by atoms with E-state index in [1.165, 1.54) is 0 Å². The van der Waals surface area contributed by atoms with Crippen LogP contribution in [0.3, 0.4) is 0 Å². The molecule has 0 radical (unpaired) electrons. The second kappa shape index (κ2) is 11.8. The first-order chi connectivity index (χ1) is 4.00. The van der Waals surface area contributed by atoms with Crippen LogP contribution in [0.15, 0.2) is 0 Å². The summed E-state index contributed by atoms with van der Waals surface area (Å²) in [6, 6.07) is 0. The monoisotopic (exact) mass is 436 g/mol. The van der Waals surface area contributed by atoms with Crippen LogP contribution in [0.1, 0.15) is 0 Å². The van der Waals surface area contributed by atoms with E-state index < -0.39 is 16.1 Å². The molecule has 0 aromatic heterocycles. The summed E-state index contributed by atoms with van der Waals surface area (Å²) in [6.45, 7) is 21.1. The van der Waals surface area contributed by atoms with E-state index in [-0.39, 0.29) is 54.8 Å². The molecule has 0 aromatic carbocycles. The molecular formula is C10H28Si2Th. The van der Waals surface area contributed by atoms with E-state index in [4.69, 9.17) is 0 Å². The van der Waals surface area contributed by atoms with Crippen molar-refractivity contribution in [3.8, 4) is 0 Å². The molecule has 0 heterocycles. The van der Waals surface area contributed by atoms with E-state index in [1.807, 2.05) is 0 Å². The summed E-state index contributed by atoms with van der Waals surface area (Å²) in [5.74, 6) is 0. The number of rotatable bonds is 0. The van der Waals surface area contributed by atoms with Crippen LogP contribution >= 0.6 is 0 Å². The van der Waals surface area contributed by atoms with Gasteiger partial charge in [-0.2, -0.15) is 0 Å². The van der Waals surface area contributed by atoms with Gasteiger partial charge in [0.1, 0.15) is 0 Å². The summed E-state index contributed by atoms with van der Waals surface area (Å²) in [4.78, 5) is 0. The molecule has 0 aromatic rings. The summed E-state index contributed by atoms with van der Waals surface area (Å²) in [5.41, 5.74) is 0. The Balaban J connectivity index is -0.0000000267. The molecule has 0 rings (SSSR count). The van der Waals surface area contributed by atoms with Crippen molar-refractivity contribution in [1.29, 1.82) is 0 Å². The molecule has 0 unspecified atom stereocenters. The topological polar surface area (TPSA) is 0 Å². The average molecular weight is 437 g/mol. The molecule has 13 heavy (non-hydrogen) atoms. The Hall–Kier alpha value is 1.76. The summed E-state index contributed by atoms with van der Waals surface area (Å²) < 4.78 is 0. The molecule has 0 fully saturated rings. The zero-order chi connectivity index (χ0) is 9.00. The molecule has 0 N–H and O–H groups in total. The second-order valence-electron chi connectivity index (χ2n) is 5.12. The molecule has 0 nitrogen and oxygen atoms in total. The predicted molar refractivity (Wildman–Crippen MR) is 70.2 cm³/mol. The van der Waals surface area contributed by atoms with E-state index in [0.29, 0.717) is 0 Å². The van der Waals surface area contributed by atoms with Crippen molar-refractivity contribution in [1.82, 2.24) is 0 Å². The molecule has 0 aliphatic carbocycles. The minimum absolute atomic E-state index is 0. The van der Waals surface area contributed by atoms with Gasteiger partial charge in [-0.15, -0.1) is 16.1 Å². The van der Waals surface area contributed by atoms with Crippen LogP contribution in [0.5, 0.6) is 0 Å². The fraction of sp³-hybridized carbons (Fsp3) is 0.600. The zero-order valence-electron chi connectivity index (χ0n) is 10.9. The zero-order valence-corrected chi connectivity index (χ0v) is 17.0. The van der Waals surface area contributed by atoms with Crippen molar-refractivity contribution in [2.45, 2.75) is 39.3 Å². The fourth-order valence-corrected chi connectivity index (χ4v) is 0. The molecule has 80 valence electrons. The summed E-state index contributed by atoms with van der Waals surface area (Å²) in [5, 5.41) is 0. The standard InChI is InChI=1S/2C4H11Si.2CH3.Th/c2*1-5(2,3)4;;;/h2*1H2,2-4H3;2*1H3;/q4*-1;+4. The first kappa shape index (κ1) is 29.3. The van der Waals surface area contributed by atoms with E-state index in [0.717, 1.165) is 0 Å². The Morgan fingerprint density at radius 1 is 0.615 bits per heavy atom. The summed E-state index contributed by atoms with van der Waals surface area (Å²) >= 11 is 0. The van der Waals surface area contributed by atoms with Crippen LogP contribution in [-0.2, 0) is 0 Å². The maximum Gasteiger partial charge on any atom is 4.00 e. The third-order valence-corrected chi connectivity index (χ3v) is 0. The average Bonchev–Trinajstić information content (AvgIpc) is 1.12. The van der Waals surface area contributed by atoms with Gasteiger partial charge in [-0.3, -0.25) is 0 Å². The summed E-state index contributed by atoms with van der Waals surface area (Å²) in [6.07, 6.45) is 0. The Kier molecular flexibility index (Phi) is 26.7. The van der Waals surface area contributed by atoms with Crippen LogP contribution in [0.25, 0.3) is 0 Å². The molecule has 0 aliphatic heterocycles. The second-order valence-corrected chi connectivity index (χ2v) is 15.4. The minimum Gasteiger partial charge on any atom is -0.358 e. The third kappa shape index (κ3) is 615. The predicted octanol–water partition coefficient (Wildman–Crippen LogP) is 4.30. The molecule has 0 bridgehead atoms. The molecule has 0 saturated heterocycles. The smallest absolute Gasteiger partial charge is 0.358 e. The van der Waals surface area contributed by atoms with Gasteiger partial charge in [0.15, 0.2) is 0 Å². The number of hydrogen-bond acceptors (Lipinski definition) is 0. The largest absolute Gasteiger partial charge is 4.00 e. The minimum atomic E-state index is -0.861. The van der Waals surface area contributed by atoms with Crippen molar-refractivity contribution >= 4 is 16.1 Å². The van der Waals surface area contributed by atoms with Gasteiger partial charge in [-0.05, 0) is 0 Å². The maximum atomic E-state index is 3.91. The Labute approximate surface area is 122 Å². The Morgan fingerprint density at radius 2 is 0.615 bits per heavy atom. The normalized spacial score (nSPS) is 9.23. The van der Waals surface area contributed by atoms with Gasteiger partial charge in [0.05, 0.1) is 0 Å². The van der Waals surface area contributed by atoms with E-state index in [9.17, 15) is 0 Å². The van der Waals surface area contributed by atoms with E-state index in [2.05, 4.69) is 52.4 Å². The van der Waals surface area contributed by atoms with Crippen LogP contribution in [0.2, 0.25) is 39.3 Å². The first-order valence-electron chi connectivity index (χ1n) is 3.71. The van der Waals surface area contributed by atoms with E-state index in [1.54, 1.807) is 0 Å². The first-order valence-corrected chi connectivity index (χ1v) is 11.1. The Bertz CT molecular complexity index is 55.9. The van der Waals surface area contributed by atoms with E-state index >= 15 is 0 Å². The van der Waals surface area contributed by atoms with Gasteiger partial charge in [-0.25, -0.2) is 0 Å². The van der Waals surface area contributed by atoms with Crippen molar-refractivity contribution < 1.29 is 39.9 Å². The maximum absolute atomic E-state index is 3.91. The fourth-order valence-electron chi connectivity index (χ4n) is 0. The summed E-state index contributed by atoms with van der Waals surface area (Å²) in [7, 11) is -1.72. The Morgan fingerprint density at radius 3 is 0.615 bits per heavy atom. The third-order valence-electron chi connectivity index (χ3n) is 0. The van der Waals surface area contributed by atoms with Crippen molar-refractivity contribution in [2.24, 2.45) is 0 Å². The van der Waals surface area contributed by atoms with Crippen LogP contribution in [-0.4, -0.2) is 16.1 Å². The van der Waals surface area contributed by atoms with Crippen LogP contribution in [0, 0.1) is 67.9 Å². The van der Waals surface area contributed by atoms with Crippen molar-refractivity contribution in [3.63, 3.8) is 0 Å². The molecule has 0 atom stereocenters. The van der Waals surface area contributed by atoms with Crippen LogP contribution in [0.4, 0.5) is 0 Å². The SMILES string of the molecule is [CH2-][Si](C)(C)C.[CH2-][Si](C)(C)C.[CH3-].[CH3-].[Th+4]. The van der Waals surface area contributed by atoms with Gasteiger partial charge in [0.2, 0.25) is 0 Å². The van der Waals surface area contributed by atoms with Gasteiger partial charge in [0, 0.05) is 0 Å². The van der Waals surface area contributed by atoms with Crippen LogP contribution < -0.4 is 0 Å². The molecule has 0 aliphatic rings. The van der Waals surface area contributed by atoms with Gasteiger partial charge in [-0.1, -0.05) is 39.3 Å². The van der Waals surface area contributed by atoms with Gasteiger partial charge < -0.3 is 27.9 Å².